The number of pyridine rings is 1. The highest BCUT2D eigenvalue weighted by atomic mass is 19.4. The summed E-state index contributed by atoms with van der Waals surface area (Å²) in [5.41, 5.74) is 1.78. The van der Waals surface area contributed by atoms with Gasteiger partial charge in [-0.05, 0) is 18.6 Å². The van der Waals surface area contributed by atoms with Crippen molar-refractivity contribution in [1.29, 1.82) is 0 Å². The van der Waals surface area contributed by atoms with E-state index in [1.54, 1.807) is 0 Å². The molecule has 0 aliphatic carbocycles. The summed E-state index contributed by atoms with van der Waals surface area (Å²) in [6.07, 6.45) is -1.47. The van der Waals surface area contributed by atoms with Gasteiger partial charge in [-0.25, -0.2) is 10.8 Å². The number of alkyl halides is 3. The zero-order chi connectivity index (χ0) is 14.3. The van der Waals surface area contributed by atoms with Crippen LogP contribution in [0.15, 0.2) is 23.3 Å². The summed E-state index contributed by atoms with van der Waals surface area (Å²) in [6.45, 7) is 2.61. The van der Waals surface area contributed by atoms with E-state index < -0.39 is 11.9 Å². The Hall–Kier alpha value is -1.83. The molecule has 106 valence electrons. The summed E-state index contributed by atoms with van der Waals surface area (Å²) in [5, 5.41) is 2.75. The first-order valence-corrected chi connectivity index (χ1v) is 5.78. The first kappa shape index (κ1) is 15.2. The highest BCUT2D eigenvalue weighted by Crippen LogP contribution is 2.27. The van der Waals surface area contributed by atoms with Crippen molar-refractivity contribution >= 4 is 11.6 Å². The van der Waals surface area contributed by atoms with Crippen LogP contribution in [0.5, 0.6) is 0 Å². The number of hydrogen-bond donors (Lipinski definition) is 3. The third-order valence-corrected chi connectivity index (χ3v) is 2.23. The van der Waals surface area contributed by atoms with Gasteiger partial charge in [-0.3, -0.25) is 10.4 Å². The van der Waals surface area contributed by atoms with Crippen molar-refractivity contribution in [3.63, 3.8) is 0 Å². The lowest BCUT2D eigenvalue weighted by Gasteiger charge is -2.10. The molecule has 1 aromatic heterocycles. The molecule has 0 amide bonds. The summed E-state index contributed by atoms with van der Waals surface area (Å²) in [6, 6.07) is 2.16. The number of nitrogens with zero attached hydrogens (tertiary/aromatic N) is 2. The van der Waals surface area contributed by atoms with Crippen LogP contribution >= 0.6 is 0 Å². The van der Waals surface area contributed by atoms with Crippen LogP contribution in [0.4, 0.5) is 18.9 Å². The van der Waals surface area contributed by atoms with E-state index in [4.69, 9.17) is 5.84 Å². The lowest BCUT2D eigenvalue weighted by molar-refractivity contribution is -0.141. The number of nitrogens with one attached hydrogen (secondary N) is 2. The zero-order valence-corrected chi connectivity index (χ0v) is 10.5. The Labute approximate surface area is 109 Å². The lowest BCUT2D eigenvalue weighted by atomic mass is 10.3. The second-order valence-corrected chi connectivity index (χ2v) is 3.78. The maximum Gasteiger partial charge on any atom is 0.433 e. The molecule has 0 unspecified atom stereocenters. The topological polar surface area (TPSA) is 75.3 Å². The average Bonchev–Trinajstić information content (AvgIpc) is 2.37. The van der Waals surface area contributed by atoms with Gasteiger partial charge >= 0.3 is 6.18 Å². The predicted octanol–water partition coefficient (Wildman–Crippen LogP) is 2.13. The van der Waals surface area contributed by atoms with E-state index >= 15 is 0 Å². The number of anilines is 1. The van der Waals surface area contributed by atoms with E-state index in [1.807, 2.05) is 6.92 Å². The molecule has 1 rings (SSSR count). The number of halogens is 3. The molecule has 0 atom stereocenters. The molecule has 4 N–H and O–H groups in total. The van der Waals surface area contributed by atoms with Gasteiger partial charge in [0.25, 0.3) is 0 Å². The number of aromatic nitrogens is 1. The van der Waals surface area contributed by atoms with Crippen LogP contribution in [-0.2, 0) is 6.18 Å². The largest absolute Gasteiger partial charge is 0.433 e. The third kappa shape index (κ3) is 5.12. The molecule has 19 heavy (non-hydrogen) atoms. The zero-order valence-electron chi connectivity index (χ0n) is 10.5. The van der Waals surface area contributed by atoms with Gasteiger partial charge in [0.2, 0.25) is 5.96 Å². The summed E-state index contributed by atoms with van der Waals surface area (Å²) in [5.74, 6) is 5.55. The monoisotopic (exact) mass is 275 g/mol. The Morgan fingerprint density at radius 2 is 2.16 bits per heavy atom. The summed E-state index contributed by atoms with van der Waals surface area (Å²) in [4.78, 5) is 7.44. The molecule has 0 aliphatic rings. The number of hydrazine groups is 1. The molecular formula is C11H16F3N5. The Morgan fingerprint density at radius 1 is 1.42 bits per heavy atom. The Balaban J connectivity index is 2.68. The fraction of sp³-hybridized carbons (Fsp3) is 0.455. The highest BCUT2D eigenvalue weighted by molar-refractivity contribution is 5.92. The van der Waals surface area contributed by atoms with Gasteiger partial charge in [-0.1, -0.05) is 13.3 Å². The Kier molecular flexibility index (Phi) is 5.56. The molecule has 0 bridgehead atoms. The third-order valence-electron chi connectivity index (χ3n) is 2.23. The molecule has 0 aromatic carbocycles. The average molecular weight is 275 g/mol. The molecule has 0 fully saturated rings. The van der Waals surface area contributed by atoms with Gasteiger partial charge in [0.1, 0.15) is 5.69 Å². The van der Waals surface area contributed by atoms with Crippen molar-refractivity contribution in [3.8, 4) is 0 Å². The van der Waals surface area contributed by atoms with E-state index in [-0.39, 0.29) is 5.96 Å². The molecule has 1 heterocycles. The van der Waals surface area contributed by atoms with E-state index in [1.165, 1.54) is 6.07 Å². The van der Waals surface area contributed by atoms with Crippen LogP contribution < -0.4 is 16.6 Å². The fourth-order valence-electron chi connectivity index (χ4n) is 1.24. The van der Waals surface area contributed by atoms with Gasteiger partial charge in [-0.15, -0.1) is 0 Å². The van der Waals surface area contributed by atoms with E-state index in [0.717, 1.165) is 25.1 Å². The maximum atomic E-state index is 12.3. The number of hydrogen-bond acceptors (Lipinski definition) is 3. The minimum atomic E-state index is -4.44. The highest BCUT2D eigenvalue weighted by Gasteiger charge is 2.31. The molecule has 0 spiro atoms. The molecular weight excluding hydrogens is 259 g/mol. The van der Waals surface area contributed by atoms with Crippen LogP contribution in [0.1, 0.15) is 25.5 Å². The van der Waals surface area contributed by atoms with Crippen LogP contribution in [0.25, 0.3) is 0 Å². The van der Waals surface area contributed by atoms with Crippen molar-refractivity contribution in [2.24, 2.45) is 10.8 Å². The lowest BCUT2D eigenvalue weighted by Crippen LogP contribution is -2.36. The van der Waals surface area contributed by atoms with E-state index in [9.17, 15) is 13.2 Å². The first-order valence-electron chi connectivity index (χ1n) is 5.78. The summed E-state index contributed by atoms with van der Waals surface area (Å²) < 4.78 is 36.9. The molecule has 0 aliphatic heterocycles. The number of aliphatic imine (C=N–C) groups is 1. The quantitative estimate of drug-likeness (QED) is 0.259. The number of rotatable bonds is 4. The van der Waals surface area contributed by atoms with Crippen molar-refractivity contribution in [1.82, 2.24) is 10.4 Å². The minimum Gasteiger partial charge on any atom is -0.324 e. The molecule has 1 aromatic rings. The van der Waals surface area contributed by atoms with Gasteiger partial charge < -0.3 is 5.32 Å². The number of unbranched alkanes of at least 4 members (excludes halogenated alkanes) is 1. The molecule has 0 saturated heterocycles. The fourth-order valence-corrected chi connectivity index (χ4v) is 1.24. The molecule has 0 radical (unpaired) electrons. The minimum absolute atomic E-state index is 0.287. The van der Waals surface area contributed by atoms with E-state index in [2.05, 4.69) is 20.7 Å². The molecule has 5 nitrogen and oxygen atoms in total. The SMILES string of the molecule is CCCCN=C(NN)Nc1ccc(C(F)(F)F)nc1. The normalized spacial score (nSPS) is 12.4. The Bertz CT molecular complexity index is 413. The van der Waals surface area contributed by atoms with Crippen molar-refractivity contribution in [3.05, 3.63) is 24.0 Å². The van der Waals surface area contributed by atoms with Gasteiger partial charge in [0.15, 0.2) is 0 Å². The van der Waals surface area contributed by atoms with Gasteiger partial charge in [0.05, 0.1) is 11.9 Å². The number of nitrogens with two attached hydrogens (primary N) is 1. The smallest absolute Gasteiger partial charge is 0.324 e. The molecule has 0 saturated carbocycles. The van der Waals surface area contributed by atoms with Crippen LogP contribution in [0.3, 0.4) is 0 Å². The second kappa shape index (κ2) is 6.93. The summed E-state index contributed by atoms with van der Waals surface area (Å²) >= 11 is 0. The first-order chi connectivity index (χ1) is 8.97. The number of guanidine groups is 1. The maximum absolute atomic E-state index is 12.3. The van der Waals surface area contributed by atoms with Crippen LogP contribution in [0.2, 0.25) is 0 Å². The van der Waals surface area contributed by atoms with Crippen LogP contribution in [-0.4, -0.2) is 17.5 Å². The van der Waals surface area contributed by atoms with E-state index in [0.29, 0.717) is 12.2 Å². The van der Waals surface area contributed by atoms with Crippen molar-refractivity contribution in [2.45, 2.75) is 25.9 Å². The standard InChI is InChI=1S/C11H16F3N5/c1-2-3-6-16-10(19-15)18-8-4-5-9(17-7-8)11(12,13)14/h4-5,7H,2-3,6,15H2,1H3,(H2,16,18,19). The predicted molar refractivity (Wildman–Crippen MR) is 67.4 cm³/mol. The molecule has 8 heteroatoms. The van der Waals surface area contributed by atoms with Gasteiger partial charge in [-0.2, -0.15) is 13.2 Å². The summed E-state index contributed by atoms with van der Waals surface area (Å²) in [7, 11) is 0. The van der Waals surface area contributed by atoms with Gasteiger partial charge in [0, 0.05) is 6.54 Å². The van der Waals surface area contributed by atoms with Crippen LogP contribution in [0, 0.1) is 0 Å². The second-order valence-electron chi connectivity index (χ2n) is 3.78. The van der Waals surface area contributed by atoms with Crippen molar-refractivity contribution < 1.29 is 13.2 Å². The van der Waals surface area contributed by atoms with Crippen molar-refractivity contribution in [2.75, 3.05) is 11.9 Å². The Morgan fingerprint density at radius 3 is 2.63 bits per heavy atom.